The second-order valence-electron chi connectivity index (χ2n) is 5.45. The zero-order valence-corrected chi connectivity index (χ0v) is 14.6. The fraction of sp³-hybridized carbons (Fsp3) is 0.438. The van der Waals surface area contributed by atoms with Gasteiger partial charge >= 0.3 is 0 Å². The minimum atomic E-state index is 0.0862. The van der Waals surface area contributed by atoms with Gasteiger partial charge in [0.2, 0.25) is 5.91 Å². The summed E-state index contributed by atoms with van der Waals surface area (Å²) in [6, 6.07) is 8.01. The largest absolute Gasteiger partial charge is 0.497 e. The quantitative estimate of drug-likeness (QED) is 0.810. The Balaban J connectivity index is 1.53. The Labute approximate surface area is 144 Å². The number of nitrogens with zero attached hydrogens (tertiary/aromatic N) is 2. The maximum atomic E-state index is 11.9. The van der Waals surface area contributed by atoms with E-state index in [1.165, 1.54) is 36.1 Å². The van der Waals surface area contributed by atoms with Gasteiger partial charge in [-0.2, -0.15) is 4.37 Å². The van der Waals surface area contributed by atoms with Crippen molar-refractivity contribution in [3.8, 4) is 17.1 Å². The third kappa shape index (κ3) is 4.45. The predicted molar refractivity (Wildman–Crippen MR) is 93.0 cm³/mol. The van der Waals surface area contributed by atoms with Crippen LogP contribution >= 0.6 is 23.3 Å². The Bertz CT molecular complexity index is 652. The van der Waals surface area contributed by atoms with Gasteiger partial charge in [0, 0.05) is 11.6 Å². The van der Waals surface area contributed by atoms with Crippen LogP contribution in [0.25, 0.3) is 11.4 Å². The molecule has 0 bridgehead atoms. The van der Waals surface area contributed by atoms with Gasteiger partial charge < -0.3 is 10.1 Å². The topological polar surface area (TPSA) is 64.1 Å². The molecule has 5 nitrogen and oxygen atoms in total. The van der Waals surface area contributed by atoms with Crippen LogP contribution in [0.5, 0.6) is 5.75 Å². The number of thioether (sulfide) groups is 1. The normalized spacial score (nSPS) is 14.8. The second kappa shape index (κ2) is 7.79. The maximum absolute atomic E-state index is 11.9. The minimum Gasteiger partial charge on any atom is -0.497 e. The highest BCUT2D eigenvalue weighted by molar-refractivity contribution is 8.01. The van der Waals surface area contributed by atoms with E-state index >= 15 is 0 Å². The first-order chi connectivity index (χ1) is 11.2. The summed E-state index contributed by atoms with van der Waals surface area (Å²) in [4.78, 5) is 16.4. The highest BCUT2D eigenvalue weighted by Crippen LogP contribution is 2.26. The van der Waals surface area contributed by atoms with Gasteiger partial charge in [-0.3, -0.25) is 4.79 Å². The molecule has 0 radical (unpaired) electrons. The number of rotatable bonds is 6. The molecule has 23 heavy (non-hydrogen) atoms. The van der Waals surface area contributed by atoms with Crippen molar-refractivity contribution in [1.29, 1.82) is 0 Å². The molecule has 1 aromatic heterocycles. The number of ether oxygens (including phenoxy) is 1. The molecule has 1 aliphatic rings. The van der Waals surface area contributed by atoms with E-state index in [4.69, 9.17) is 4.74 Å². The monoisotopic (exact) mass is 349 g/mol. The standard InChI is InChI=1S/C16H19N3O2S2/c1-21-13-8-6-11(7-9-13)15-18-16(23-19-15)22-10-14(20)17-12-4-2-3-5-12/h6-9,12H,2-5,10H2,1H3,(H,17,20). The smallest absolute Gasteiger partial charge is 0.230 e. The van der Waals surface area contributed by atoms with Gasteiger partial charge in [-0.1, -0.05) is 24.6 Å². The van der Waals surface area contributed by atoms with E-state index in [1.54, 1.807) is 7.11 Å². The highest BCUT2D eigenvalue weighted by atomic mass is 32.2. The third-order valence-corrected chi connectivity index (χ3v) is 5.64. The Hall–Kier alpha value is -1.60. The summed E-state index contributed by atoms with van der Waals surface area (Å²) in [5.74, 6) is 1.98. The summed E-state index contributed by atoms with van der Waals surface area (Å²) in [6.07, 6.45) is 4.66. The molecular weight excluding hydrogens is 330 g/mol. The SMILES string of the molecule is COc1ccc(-c2nsc(SCC(=O)NC3CCCC3)n2)cc1. The van der Waals surface area contributed by atoms with Gasteiger partial charge in [-0.25, -0.2) is 4.98 Å². The van der Waals surface area contributed by atoms with Gasteiger partial charge in [0.15, 0.2) is 10.2 Å². The Morgan fingerprint density at radius 2 is 2.09 bits per heavy atom. The van der Waals surface area contributed by atoms with Crippen LogP contribution in [0.15, 0.2) is 28.6 Å². The van der Waals surface area contributed by atoms with Crippen LogP contribution < -0.4 is 10.1 Å². The fourth-order valence-electron chi connectivity index (χ4n) is 2.59. The van der Waals surface area contributed by atoms with Gasteiger partial charge in [0.1, 0.15) is 5.75 Å². The first kappa shape index (κ1) is 16.3. The van der Waals surface area contributed by atoms with E-state index in [1.807, 2.05) is 24.3 Å². The first-order valence-corrected chi connectivity index (χ1v) is 9.41. The van der Waals surface area contributed by atoms with Crippen molar-refractivity contribution in [3.63, 3.8) is 0 Å². The molecule has 1 N–H and O–H groups in total. The Morgan fingerprint density at radius 3 is 2.78 bits per heavy atom. The molecule has 122 valence electrons. The lowest BCUT2D eigenvalue weighted by Crippen LogP contribution is -2.33. The van der Waals surface area contributed by atoms with Crippen LogP contribution in [0.3, 0.4) is 0 Å². The summed E-state index contributed by atoms with van der Waals surface area (Å²) in [5.41, 5.74) is 0.948. The fourth-order valence-corrected chi connectivity index (χ4v) is 4.02. The van der Waals surface area contributed by atoms with Crippen LogP contribution in [-0.2, 0) is 4.79 Å². The van der Waals surface area contributed by atoms with Crippen molar-refractivity contribution in [1.82, 2.24) is 14.7 Å². The molecule has 0 saturated heterocycles. The number of carbonyl (C=O) groups is 1. The van der Waals surface area contributed by atoms with Crippen LogP contribution in [0.2, 0.25) is 0 Å². The number of hydrogen-bond acceptors (Lipinski definition) is 6. The summed E-state index contributed by atoms with van der Waals surface area (Å²) in [5, 5.41) is 3.08. The number of carbonyl (C=O) groups excluding carboxylic acids is 1. The zero-order valence-electron chi connectivity index (χ0n) is 12.9. The van der Waals surface area contributed by atoms with Crippen LogP contribution in [0, 0.1) is 0 Å². The van der Waals surface area contributed by atoms with Crippen molar-refractivity contribution >= 4 is 29.2 Å². The van der Waals surface area contributed by atoms with Gasteiger partial charge in [-0.15, -0.1) is 0 Å². The average Bonchev–Trinajstić information content (AvgIpc) is 3.25. The maximum Gasteiger partial charge on any atom is 0.230 e. The summed E-state index contributed by atoms with van der Waals surface area (Å²) < 4.78 is 10.3. The van der Waals surface area contributed by atoms with Crippen molar-refractivity contribution in [2.75, 3.05) is 12.9 Å². The van der Waals surface area contributed by atoms with Crippen molar-refractivity contribution < 1.29 is 9.53 Å². The van der Waals surface area contributed by atoms with Crippen molar-refractivity contribution in [2.24, 2.45) is 0 Å². The Morgan fingerprint density at radius 1 is 1.35 bits per heavy atom. The van der Waals surface area contributed by atoms with Crippen molar-refractivity contribution in [2.45, 2.75) is 36.1 Å². The lowest BCUT2D eigenvalue weighted by Gasteiger charge is -2.10. The Kier molecular flexibility index (Phi) is 5.51. The summed E-state index contributed by atoms with van der Waals surface area (Å²) >= 11 is 2.77. The zero-order chi connectivity index (χ0) is 16.1. The molecule has 1 amide bonds. The van der Waals surface area contributed by atoms with E-state index in [9.17, 15) is 4.79 Å². The minimum absolute atomic E-state index is 0.0862. The molecular formula is C16H19N3O2S2. The van der Waals surface area contributed by atoms with Gasteiger partial charge in [0.05, 0.1) is 12.9 Å². The lowest BCUT2D eigenvalue weighted by atomic mass is 10.2. The number of nitrogens with one attached hydrogen (secondary N) is 1. The van der Waals surface area contributed by atoms with E-state index in [-0.39, 0.29) is 5.91 Å². The van der Waals surface area contributed by atoms with Gasteiger partial charge in [-0.05, 0) is 48.6 Å². The van der Waals surface area contributed by atoms with E-state index in [0.29, 0.717) is 17.6 Å². The van der Waals surface area contributed by atoms with Crippen LogP contribution in [-0.4, -0.2) is 34.2 Å². The van der Waals surface area contributed by atoms with E-state index in [2.05, 4.69) is 14.7 Å². The molecule has 0 spiro atoms. The molecule has 1 aromatic carbocycles. The molecule has 2 aromatic rings. The number of benzene rings is 1. The predicted octanol–water partition coefficient (Wildman–Crippen LogP) is 3.36. The number of amides is 1. The number of aromatic nitrogens is 2. The molecule has 7 heteroatoms. The summed E-state index contributed by atoms with van der Waals surface area (Å²) in [7, 11) is 1.64. The number of hydrogen-bond donors (Lipinski definition) is 1. The third-order valence-electron chi connectivity index (χ3n) is 3.80. The molecule has 0 atom stereocenters. The van der Waals surface area contributed by atoms with Crippen LogP contribution in [0.1, 0.15) is 25.7 Å². The molecule has 1 saturated carbocycles. The molecule has 1 fully saturated rings. The lowest BCUT2D eigenvalue weighted by molar-refractivity contribution is -0.119. The molecule has 0 unspecified atom stereocenters. The molecule has 1 aliphatic carbocycles. The van der Waals surface area contributed by atoms with Crippen molar-refractivity contribution in [3.05, 3.63) is 24.3 Å². The summed E-state index contributed by atoms with van der Waals surface area (Å²) in [6.45, 7) is 0. The highest BCUT2D eigenvalue weighted by Gasteiger charge is 2.17. The van der Waals surface area contributed by atoms with E-state index in [0.717, 1.165) is 28.5 Å². The van der Waals surface area contributed by atoms with E-state index < -0.39 is 0 Å². The molecule has 1 heterocycles. The molecule has 0 aliphatic heterocycles. The number of methoxy groups -OCH3 is 1. The first-order valence-electron chi connectivity index (χ1n) is 7.65. The average molecular weight is 349 g/mol. The van der Waals surface area contributed by atoms with Gasteiger partial charge in [0.25, 0.3) is 0 Å². The van der Waals surface area contributed by atoms with Crippen LogP contribution in [0.4, 0.5) is 0 Å². The second-order valence-corrected chi connectivity index (χ2v) is 7.42. The molecule has 3 rings (SSSR count).